The standard InChI is InChI=1S/C31H37N3O4/c35-31(25-11-9-13-27(23-25)36-22-20-33-17-5-1-6-18-33)34-19-7-2-8-21-37-28-14-3-4-15-29(28)38-30-26(24-34)12-10-16-32-30/h3-4,9-16,23H,1-2,5-8,17-22,24H2. The van der Waals surface area contributed by atoms with E-state index in [4.69, 9.17) is 14.2 Å². The average Bonchev–Trinajstić information content (AvgIpc) is 2.97. The van der Waals surface area contributed by atoms with E-state index >= 15 is 0 Å². The summed E-state index contributed by atoms with van der Waals surface area (Å²) in [5.74, 6) is 2.52. The number of pyridine rings is 1. The molecular formula is C31H37N3O4. The zero-order valence-corrected chi connectivity index (χ0v) is 22.0. The second-order valence-electron chi connectivity index (χ2n) is 9.93. The zero-order chi connectivity index (χ0) is 26.0. The lowest BCUT2D eigenvalue weighted by atomic mass is 10.1. The lowest BCUT2D eigenvalue weighted by Gasteiger charge is -2.26. The van der Waals surface area contributed by atoms with Gasteiger partial charge in [0.05, 0.1) is 13.2 Å². The third kappa shape index (κ3) is 7.04. The number of aromatic nitrogens is 1. The molecule has 0 aliphatic carbocycles. The molecule has 200 valence electrons. The van der Waals surface area contributed by atoms with Crippen LogP contribution in [0.25, 0.3) is 0 Å². The number of rotatable bonds is 5. The first kappa shape index (κ1) is 26.0. The Morgan fingerprint density at radius 3 is 2.58 bits per heavy atom. The lowest BCUT2D eigenvalue weighted by Crippen LogP contribution is -2.33. The molecule has 0 saturated carbocycles. The van der Waals surface area contributed by atoms with Gasteiger partial charge in [0.2, 0.25) is 5.88 Å². The van der Waals surface area contributed by atoms with Crippen LogP contribution in [-0.2, 0) is 6.54 Å². The van der Waals surface area contributed by atoms with Gasteiger partial charge in [0.15, 0.2) is 11.5 Å². The predicted molar refractivity (Wildman–Crippen MR) is 147 cm³/mol. The Balaban J connectivity index is 1.31. The molecule has 2 aromatic carbocycles. The summed E-state index contributed by atoms with van der Waals surface area (Å²) in [6, 6.07) is 19.0. The van der Waals surface area contributed by atoms with Gasteiger partial charge in [0.1, 0.15) is 12.4 Å². The van der Waals surface area contributed by atoms with Gasteiger partial charge < -0.3 is 19.1 Å². The number of ether oxygens (including phenoxy) is 3. The molecule has 1 fully saturated rings. The molecule has 1 amide bonds. The highest BCUT2D eigenvalue weighted by atomic mass is 16.5. The minimum atomic E-state index is -0.0206. The molecule has 7 heteroatoms. The monoisotopic (exact) mass is 515 g/mol. The fourth-order valence-electron chi connectivity index (χ4n) is 4.99. The topological polar surface area (TPSA) is 64.1 Å². The van der Waals surface area contributed by atoms with E-state index in [0.29, 0.717) is 49.2 Å². The summed E-state index contributed by atoms with van der Waals surface area (Å²) in [5.41, 5.74) is 1.48. The van der Waals surface area contributed by atoms with Crippen molar-refractivity contribution in [3.05, 3.63) is 78.0 Å². The first-order valence-electron chi connectivity index (χ1n) is 13.8. The van der Waals surface area contributed by atoms with E-state index in [9.17, 15) is 4.79 Å². The van der Waals surface area contributed by atoms with Crippen LogP contribution in [0.5, 0.6) is 23.1 Å². The van der Waals surface area contributed by atoms with E-state index < -0.39 is 0 Å². The number of benzene rings is 2. The molecule has 0 unspecified atom stereocenters. The van der Waals surface area contributed by atoms with Crippen LogP contribution in [0, 0.1) is 0 Å². The zero-order valence-electron chi connectivity index (χ0n) is 22.0. The molecule has 5 rings (SSSR count). The summed E-state index contributed by atoms with van der Waals surface area (Å²) in [6.45, 7) is 5.48. The first-order chi connectivity index (χ1) is 18.8. The molecule has 7 nitrogen and oxygen atoms in total. The molecule has 3 aromatic rings. The summed E-state index contributed by atoms with van der Waals surface area (Å²) in [6.07, 6.45) is 8.32. The third-order valence-corrected chi connectivity index (χ3v) is 7.09. The average molecular weight is 516 g/mol. The number of hydrogen-bond acceptors (Lipinski definition) is 6. The Bertz CT molecular complexity index is 1200. The number of likely N-dealkylation sites (tertiary alicyclic amines) is 1. The van der Waals surface area contributed by atoms with E-state index in [2.05, 4.69) is 9.88 Å². The van der Waals surface area contributed by atoms with Crippen LogP contribution in [0.3, 0.4) is 0 Å². The van der Waals surface area contributed by atoms with Crippen molar-refractivity contribution < 1.29 is 19.0 Å². The normalized spacial score (nSPS) is 16.9. The molecule has 38 heavy (non-hydrogen) atoms. The van der Waals surface area contributed by atoms with Crippen LogP contribution in [0.1, 0.15) is 54.4 Å². The van der Waals surface area contributed by atoms with Gasteiger partial charge in [-0.2, -0.15) is 0 Å². The maximum absolute atomic E-state index is 13.7. The van der Waals surface area contributed by atoms with Crippen molar-refractivity contribution in [2.75, 3.05) is 39.4 Å². The van der Waals surface area contributed by atoms with Crippen molar-refractivity contribution in [2.24, 2.45) is 0 Å². The highest BCUT2D eigenvalue weighted by Gasteiger charge is 2.20. The molecule has 0 bridgehead atoms. The molecule has 0 atom stereocenters. The van der Waals surface area contributed by atoms with Crippen LogP contribution in [-0.4, -0.2) is 60.1 Å². The smallest absolute Gasteiger partial charge is 0.254 e. The van der Waals surface area contributed by atoms with Gasteiger partial charge in [0, 0.05) is 30.4 Å². The molecule has 3 heterocycles. The second-order valence-corrected chi connectivity index (χ2v) is 9.93. The van der Waals surface area contributed by atoms with Crippen LogP contribution in [0.4, 0.5) is 0 Å². The largest absolute Gasteiger partial charge is 0.492 e. The Hall–Kier alpha value is -3.58. The maximum Gasteiger partial charge on any atom is 0.254 e. The van der Waals surface area contributed by atoms with E-state index in [1.165, 1.54) is 19.3 Å². The van der Waals surface area contributed by atoms with E-state index in [1.807, 2.05) is 65.6 Å². The van der Waals surface area contributed by atoms with Gasteiger partial charge in [-0.1, -0.05) is 30.7 Å². The number of carbonyl (C=O) groups excluding carboxylic acids is 1. The van der Waals surface area contributed by atoms with Crippen molar-refractivity contribution in [1.29, 1.82) is 0 Å². The van der Waals surface area contributed by atoms with Gasteiger partial charge in [-0.3, -0.25) is 9.69 Å². The summed E-state index contributed by atoms with van der Waals surface area (Å²) in [7, 11) is 0. The number of piperidine rings is 1. The van der Waals surface area contributed by atoms with Crippen LogP contribution >= 0.6 is 0 Å². The predicted octanol–water partition coefficient (Wildman–Crippen LogP) is 5.94. The molecular weight excluding hydrogens is 478 g/mol. The Kier molecular flexibility index (Phi) is 9.11. The van der Waals surface area contributed by atoms with Gasteiger partial charge in [-0.05, 0) is 81.6 Å². The highest BCUT2D eigenvalue weighted by Crippen LogP contribution is 2.33. The fourth-order valence-corrected chi connectivity index (χ4v) is 4.99. The molecule has 2 aliphatic rings. The number of hydrogen-bond donors (Lipinski definition) is 0. The molecule has 0 N–H and O–H groups in total. The molecule has 1 aromatic heterocycles. The quantitative estimate of drug-likeness (QED) is 0.419. The van der Waals surface area contributed by atoms with E-state index in [1.54, 1.807) is 6.20 Å². The van der Waals surface area contributed by atoms with E-state index in [-0.39, 0.29) is 5.91 Å². The summed E-state index contributed by atoms with van der Waals surface area (Å²) >= 11 is 0. The number of amides is 1. The van der Waals surface area contributed by atoms with Crippen LogP contribution in [0.15, 0.2) is 66.9 Å². The second kappa shape index (κ2) is 13.3. The van der Waals surface area contributed by atoms with Crippen molar-refractivity contribution in [3.63, 3.8) is 0 Å². The van der Waals surface area contributed by atoms with E-state index in [0.717, 1.165) is 50.2 Å². The molecule has 0 radical (unpaired) electrons. The van der Waals surface area contributed by atoms with Crippen molar-refractivity contribution >= 4 is 5.91 Å². The Morgan fingerprint density at radius 1 is 0.868 bits per heavy atom. The minimum Gasteiger partial charge on any atom is -0.492 e. The highest BCUT2D eigenvalue weighted by molar-refractivity contribution is 5.94. The van der Waals surface area contributed by atoms with Gasteiger partial charge in [0.25, 0.3) is 5.91 Å². The van der Waals surface area contributed by atoms with Crippen LogP contribution in [0.2, 0.25) is 0 Å². The summed E-state index contributed by atoms with van der Waals surface area (Å²) in [4.78, 5) is 22.6. The Morgan fingerprint density at radius 2 is 1.68 bits per heavy atom. The minimum absolute atomic E-state index is 0.0206. The van der Waals surface area contributed by atoms with Gasteiger partial charge in [-0.15, -0.1) is 0 Å². The van der Waals surface area contributed by atoms with Gasteiger partial charge in [-0.25, -0.2) is 4.98 Å². The molecule has 2 aliphatic heterocycles. The lowest BCUT2D eigenvalue weighted by molar-refractivity contribution is 0.0738. The summed E-state index contributed by atoms with van der Waals surface area (Å²) < 4.78 is 18.2. The number of nitrogens with zero attached hydrogens (tertiary/aromatic N) is 3. The van der Waals surface area contributed by atoms with Crippen LogP contribution < -0.4 is 14.2 Å². The number of para-hydroxylation sites is 2. The van der Waals surface area contributed by atoms with Crippen molar-refractivity contribution in [1.82, 2.24) is 14.8 Å². The third-order valence-electron chi connectivity index (χ3n) is 7.09. The van der Waals surface area contributed by atoms with Crippen molar-refractivity contribution in [3.8, 4) is 23.1 Å². The maximum atomic E-state index is 13.7. The SMILES string of the molecule is O=C(c1cccc(OCCN2CCCCC2)c1)N1CCCCCOc2ccccc2Oc2ncccc2C1. The number of fused-ring (bicyclic) bond motifs is 2. The molecule has 1 saturated heterocycles. The number of carbonyl (C=O) groups is 1. The summed E-state index contributed by atoms with van der Waals surface area (Å²) in [5, 5.41) is 0. The fraction of sp³-hybridized carbons (Fsp3) is 0.419. The Labute approximate surface area is 225 Å². The van der Waals surface area contributed by atoms with Gasteiger partial charge >= 0.3 is 0 Å². The first-order valence-corrected chi connectivity index (χ1v) is 13.8. The van der Waals surface area contributed by atoms with Crippen molar-refractivity contribution in [2.45, 2.75) is 45.1 Å². The molecule has 0 spiro atoms.